The van der Waals surface area contributed by atoms with E-state index in [-0.39, 0.29) is 5.97 Å². The van der Waals surface area contributed by atoms with Crippen LogP contribution in [0.25, 0.3) is 0 Å². The van der Waals surface area contributed by atoms with Crippen molar-refractivity contribution in [1.29, 1.82) is 0 Å². The second-order valence-corrected chi connectivity index (χ2v) is 3.46. The molecule has 0 aliphatic rings. The molecule has 78 valence electrons. The van der Waals surface area contributed by atoms with Crippen LogP contribution in [0.2, 0.25) is 0 Å². The molecular weight excluding hydrogens is 164 g/mol. The van der Waals surface area contributed by atoms with Gasteiger partial charge in [-0.2, -0.15) is 0 Å². The van der Waals surface area contributed by atoms with Crippen molar-refractivity contribution in [2.24, 2.45) is 5.92 Å². The summed E-state index contributed by atoms with van der Waals surface area (Å²) in [7, 11) is 0. The first kappa shape index (κ1) is 14.7. The number of unbranched alkanes of at least 4 members (excludes halogenated alkanes) is 1. The van der Waals surface area contributed by atoms with Crippen LogP contribution >= 0.6 is 0 Å². The molecule has 0 aromatic carbocycles. The van der Waals surface area contributed by atoms with Gasteiger partial charge in [0, 0.05) is 6.08 Å². The molecule has 13 heavy (non-hydrogen) atoms. The van der Waals surface area contributed by atoms with Gasteiger partial charge in [-0.1, -0.05) is 40.7 Å². The fourth-order valence-corrected chi connectivity index (χ4v) is 0.376. The standard InChI is InChI=1S/C7H12O2.C4H10/c1-3-5-6-9-7(8)4-2;1-4(2)3/h4H,2-3,5-6H2,1H3;4H,1-3H3. The topological polar surface area (TPSA) is 26.3 Å². The summed E-state index contributed by atoms with van der Waals surface area (Å²) in [6.07, 6.45) is 3.15. The maximum absolute atomic E-state index is 10.3. The van der Waals surface area contributed by atoms with Crippen LogP contribution < -0.4 is 0 Å². The van der Waals surface area contributed by atoms with Crippen molar-refractivity contribution in [2.45, 2.75) is 40.5 Å². The number of rotatable bonds is 4. The second-order valence-electron chi connectivity index (χ2n) is 3.46. The molecule has 0 radical (unpaired) electrons. The number of carbonyl (C=O) groups excluding carboxylic acids is 1. The Morgan fingerprint density at radius 2 is 1.92 bits per heavy atom. The summed E-state index contributed by atoms with van der Waals surface area (Å²) in [5, 5.41) is 0. The van der Waals surface area contributed by atoms with E-state index in [0.717, 1.165) is 18.8 Å². The number of hydrogen-bond acceptors (Lipinski definition) is 2. The quantitative estimate of drug-likeness (QED) is 0.383. The number of esters is 1. The fourth-order valence-electron chi connectivity index (χ4n) is 0.376. The van der Waals surface area contributed by atoms with Gasteiger partial charge >= 0.3 is 5.97 Å². The summed E-state index contributed by atoms with van der Waals surface area (Å²) >= 11 is 0. The molecule has 0 rings (SSSR count). The lowest BCUT2D eigenvalue weighted by atomic mass is 10.3. The largest absolute Gasteiger partial charge is 0.463 e. The minimum Gasteiger partial charge on any atom is -0.463 e. The Kier molecular flexibility index (Phi) is 12.7. The van der Waals surface area contributed by atoms with Crippen LogP contribution in [0.5, 0.6) is 0 Å². The number of ether oxygens (including phenoxy) is 1. The van der Waals surface area contributed by atoms with Crippen molar-refractivity contribution < 1.29 is 9.53 Å². The molecule has 0 fully saturated rings. The van der Waals surface area contributed by atoms with Gasteiger partial charge in [-0.3, -0.25) is 0 Å². The van der Waals surface area contributed by atoms with Gasteiger partial charge in [0.15, 0.2) is 0 Å². The maximum Gasteiger partial charge on any atom is 0.330 e. The molecular formula is C11H22O2. The minimum absolute atomic E-state index is 0.330. The van der Waals surface area contributed by atoms with Gasteiger partial charge in [-0.05, 0) is 12.3 Å². The molecule has 0 aliphatic carbocycles. The molecule has 0 spiro atoms. The Labute approximate surface area is 82.0 Å². The van der Waals surface area contributed by atoms with Crippen molar-refractivity contribution in [2.75, 3.05) is 6.61 Å². The van der Waals surface area contributed by atoms with Crippen LogP contribution in [0.15, 0.2) is 12.7 Å². The van der Waals surface area contributed by atoms with Crippen LogP contribution in [-0.2, 0) is 9.53 Å². The van der Waals surface area contributed by atoms with E-state index in [4.69, 9.17) is 0 Å². The third-order valence-corrected chi connectivity index (χ3v) is 0.909. The van der Waals surface area contributed by atoms with Gasteiger partial charge in [-0.25, -0.2) is 4.79 Å². The molecule has 0 heterocycles. The Morgan fingerprint density at radius 1 is 1.46 bits per heavy atom. The number of carbonyl (C=O) groups is 1. The Balaban J connectivity index is 0. The van der Waals surface area contributed by atoms with Crippen molar-refractivity contribution in [3.8, 4) is 0 Å². The average Bonchev–Trinajstić information content (AvgIpc) is 2.03. The molecule has 0 aromatic rings. The summed E-state index contributed by atoms with van der Waals surface area (Å²) in [5.41, 5.74) is 0. The molecule has 0 aliphatic heterocycles. The molecule has 0 bridgehead atoms. The Morgan fingerprint density at radius 3 is 2.23 bits per heavy atom. The smallest absolute Gasteiger partial charge is 0.330 e. The molecule has 0 amide bonds. The van der Waals surface area contributed by atoms with Gasteiger partial charge in [0.05, 0.1) is 6.61 Å². The summed E-state index contributed by atoms with van der Waals surface area (Å²) in [4.78, 5) is 10.3. The zero-order valence-corrected chi connectivity index (χ0v) is 9.30. The van der Waals surface area contributed by atoms with Crippen LogP contribution in [0.1, 0.15) is 40.5 Å². The van der Waals surface area contributed by atoms with E-state index in [0.29, 0.717) is 6.61 Å². The lowest BCUT2D eigenvalue weighted by molar-refractivity contribution is -0.137. The van der Waals surface area contributed by atoms with Crippen molar-refractivity contribution in [3.63, 3.8) is 0 Å². The molecule has 0 saturated heterocycles. The zero-order chi connectivity index (χ0) is 10.7. The van der Waals surface area contributed by atoms with E-state index in [1.807, 2.05) is 6.92 Å². The van der Waals surface area contributed by atoms with Gasteiger partial charge in [0.25, 0.3) is 0 Å². The lowest BCUT2D eigenvalue weighted by Crippen LogP contribution is -2.00. The van der Waals surface area contributed by atoms with Crippen LogP contribution in [0.4, 0.5) is 0 Å². The summed E-state index contributed by atoms with van der Waals surface area (Å²) < 4.78 is 4.67. The Hall–Kier alpha value is -0.790. The predicted molar refractivity (Wildman–Crippen MR) is 56.6 cm³/mol. The van der Waals surface area contributed by atoms with E-state index in [2.05, 4.69) is 32.1 Å². The van der Waals surface area contributed by atoms with Crippen molar-refractivity contribution in [1.82, 2.24) is 0 Å². The Bertz CT molecular complexity index is 125. The first-order valence-electron chi connectivity index (χ1n) is 4.83. The maximum atomic E-state index is 10.3. The molecule has 0 saturated carbocycles. The van der Waals surface area contributed by atoms with Crippen LogP contribution in [0, 0.1) is 5.92 Å². The van der Waals surface area contributed by atoms with Gasteiger partial charge in [0.2, 0.25) is 0 Å². The van der Waals surface area contributed by atoms with Crippen LogP contribution in [0.3, 0.4) is 0 Å². The van der Waals surface area contributed by atoms with Crippen LogP contribution in [-0.4, -0.2) is 12.6 Å². The minimum atomic E-state index is -0.330. The second kappa shape index (κ2) is 11.2. The van der Waals surface area contributed by atoms with E-state index in [1.165, 1.54) is 6.08 Å². The highest BCUT2D eigenvalue weighted by Crippen LogP contribution is 1.88. The summed E-state index contributed by atoms with van der Waals surface area (Å²) in [5.74, 6) is 0.503. The normalized spacial score (nSPS) is 8.69. The molecule has 0 N–H and O–H groups in total. The van der Waals surface area contributed by atoms with Crippen molar-refractivity contribution in [3.05, 3.63) is 12.7 Å². The molecule has 0 unspecified atom stereocenters. The van der Waals surface area contributed by atoms with Gasteiger partial charge in [-0.15, -0.1) is 0 Å². The highest BCUT2D eigenvalue weighted by molar-refractivity contribution is 5.81. The SMILES string of the molecule is C=CC(=O)OCCCC.CC(C)C. The molecule has 2 nitrogen and oxygen atoms in total. The highest BCUT2D eigenvalue weighted by atomic mass is 16.5. The van der Waals surface area contributed by atoms with Crippen molar-refractivity contribution >= 4 is 5.97 Å². The summed E-state index contributed by atoms with van der Waals surface area (Å²) in [6, 6.07) is 0. The predicted octanol–water partition coefficient (Wildman–Crippen LogP) is 3.18. The third-order valence-electron chi connectivity index (χ3n) is 0.909. The lowest BCUT2D eigenvalue weighted by Gasteiger charge is -1.97. The highest BCUT2D eigenvalue weighted by Gasteiger charge is 1.91. The van der Waals surface area contributed by atoms with Gasteiger partial charge < -0.3 is 4.74 Å². The molecule has 0 aromatic heterocycles. The fraction of sp³-hybridized carbons (Fsp3) is 0.727. The average molecular weight is 186 g/mol. The monoisotopic (exact) mass is 186 g/mol. The number of hydrogen-bond donors (Lipinski definition) is 0. The summed E-state index contributed by atoms with van der Waals surface area (Å²) in [6.45, 7) is 12.3. The first-order chi connectivity index (χ1) is 6.04. The van der Waals surface area contributed by atoms with E-state index in [1.54, 1.807) is 0 Å². The zero-order valence-electron chi connectivity index (χ0n) is 9.30. The molecule has 0 atom stereocenters. The van der Waals surface area contributed by atoms with E-state index >= 15 is 0 Å². The third kappa shape index (κ3) is 24.7. The van der Waals surface area contributed by atoms with E-state index in [9.17, 15) is 4.79 Å². The van der Waals surface area contributed by atoms with Gasteiger partial charge in [0.1, 0.15) is 0 Å². The first-order valence-corrected chi connectivity index (χ1v) is 4.83. The van der Waals surface area contributed by atoms with E-state index < -0.39 is 0 Å². The molecule has 2 heteroatoms.